The van der Waals surface area contributed by atoms with E-state index in [1.807, 2.05) is 6.07 Å². The minimum Gasteiger partial charge on any atom is -0.321 e. The summed E-state index contributed by atoms with van der Waals surface area (Å²) in [5, 5.41) is 2.62. The van der Waals surface area contributed by atoms with Crippen LogP contribution >= 0.6 is 0 Å². The van der Waals surface area contributed by atoms with E-state index in [4.69, 9.17) is 0 Å². The maximum Gasteiger partial charge on any atom is 0.274 e. The van der Waals surface area contributed by atoms with Crippen LogP contribution in [-0.2, 0) is 10.0 Å². The predicted octanol–water partition coefficient (Wildman–Crippen LogP) is 3.52. The Morgan fingerprint density at radius 3 is 2.38 bits per heavy atom. The van der Waals surface area contributed by atoms with Crippen LogP contribution in [0.3, 0.4) is 0 Å². The number of anilines is 1. The number of piperidine rings is 1. The molecular weight excluding hydrogens is 440 g/mol. The van der Waals surface area contributed by atoms with E-state index in [2.05, 4.69) is 15.3 Å². The second-order valence-electron chi connectivity index (χ2n) is 8.02. The van der Waals surface area contributed by atoms with Gasteiger partial charge < -0.3 is 5.32 Å². The molecule has 1 N–H and O–H groups in total. The molecule has 2 aromatic heterocycles. The minimum absolute atomic E-state index is 0.0512. The van der Waals surface area contributed by atoms with Crippen molar-refractivity contribution in [2.75, 3.05) is 18.4 Å². The Morgan fingerprint density at radius 1 is 1.09 bits per heavy atom. The number of carbonyl (C=O) groups excluding carboxylic acids is 1. The fourth-order valence-electron chi connectivity index (χ4n) is 3.58. The Balaban J connectivity index is 1.71. The SMILES string of the molecule is CC(C)c1nc2nc(C(=O)Nc3ccccc3)ccn2c1S(=O)(=O)N1CCC(F)(F)CC1. The quantitative estimate of drug-likeness (QED) is 0.625. The molecule has 0 spiro atoms. The van der Waals surface area contributed by atoms with Crippen molar-refractivity contribution in [1.29, 1.82) is 0 Å². The number of amides is 1. The molecule has 32 heavy (non-hydrogen) atoms. The van der Waals surface area contributed by atoms with E-state index in [0.717, 1.165) is 4.31 Å². The van der Waals surface area contributed by atoms with Crippen molar-refractivity contribution in [2.45, 2.75) is 43.6 Å². The molecule has 0 radical (unpaired) electrons. The largest absolute Gasteiger partial charge is 0.321 e. The van der Waals surface area contributed by atoms with Crippen molar-refractivity contribution in [1.82, 2.24) is 18.7 Å². The average Bonchev–Trinajstić information content (AvgIpc) is 3.14. The van der Waals surface area contributed by atoms with Gasteiger partial charge in [-0.2, -0.15) is 4.31 Å². The van der Waals surface area contributed by atoms with Crippen LogP contribution < -0.4 is 5.32 Å². The molecule has 1 saturated heterocycles. The normalized spacial score (nSPS) is 17.0. The third-order valence-corrected chi connectivity index (χ3v) is 7.26. The average molecular weight is 464 g/mol. The first-order valence-electron chi connectivity index (χ1n) is 10.2. The van der Waals surface area contributed by atoms with E-state index in [1.165, 1.54) is 16.7 Å². The van der Waals surface area contributed by atoms with Crippen molar-refractivity contribution in [3.63, 3.8) is 0 Å². The van der Waals surface area contributed by atoms with Crippen molar-refractivity contribution >= 4 is 27.4 Å². The molecule has 8 nitrogen and oxygen atoms in total. The lowest BCUT2D eigenvalue weighted by atomic mass is 10.1. The van der Waals surface area contributed by atoms with E-state index in [1.54, 1.807) is 38.1 Å². The van der Waals surface area contributed by atoms with E-state index < -0.39 is 34.7 Å². The molecule has 4 rings (SSSR count). The van der Waals surface area contributed by atoms with E-state index in [9.17, 15) is 22.0 Å². The number of hydrogen-bond acceptors (Lipinski definition) is 5. The van der Waals surface area contributed by atoms with Gasteiger partial charge in [-0.05, 0) is 24.1 Å². The molecule has 1 fully saturated rings. The summed E-state index contributed by atoms with van der Waals surface area (Å²) in [6.07, 6.45) is 0.372. The molecule has 1 aromatic carbocycles. The van der Waals surface area contributed by atoms with Gasteiger partial charge in [0.15, 0.2) is 5.03 Å². The summed E-state index contributed by atoms with van der Waals surface area (Å²) in [5.41, 5.74) is 0.939. The second kappa shape index (κ2) is 8.21. The maximum atomic E-state index is 13.6. The lowest BCUT2D eigenvalue weighted by Crippen LogP contribution is -2.43. The smallest absolute Gasteiger partial charge is 0.274 e. The number of sulfonamides is 1. The molecule has 0 bridgehead atoms. The number of aromatic nitrogens is 3. The van der Waals surface area contributed by atoms with Gasteiger partial charge in [0.05, 0.1) is 5.69 Å². The number of nitrogens with one attached hydrogen (secondary N) is 1. The Labute approximate surface area is 184 Å². The number of carbonyl (C=O) groups is 1. The number of para-hydroxylation sites is 1. The zero-order chi connectivity index (χ0) is 23.1. The zero-order valence-electron chi connectivity index (χ0n) is 17.6. The standard InChI is InChI=1S/C21H23F2N5O3S/c1-14(2)17-19(32(30,31)27-12-9-21(22,23)10-13-27)28-11-8-16(25-20(28)26-17)18(29)24-15-6-4-3-5-7-15/h3-8,11,14H,9-10,12-13H2,1-2H3,(H,24,29). The number of alkyl halides is 2. The lowest BCUT2D eigenvalue weighted by molar-refractivity contribution is -0.0412. The van der Waals surface area contributed by atoms with Gasteiger partial charge in [0, 0.05) is 37.8 Å². The van der Waals surface area contributed by atoms with E-state index in [0.29, 0.717) is 5.69 Å². The van der Waals surface area contributed by atoms with Crippen molar-refractivity contribution < 1.29 is 22.0 Å². The van der Waals surface area contributed by atoms with Gasteiger partial charge in [0.1, 0.15) is 5.69 Å². The molecule has 3 heterocycles. The van der Waals surface area contributed by atoms with Crippen LogP contribution in [0.25, 0.3) is 5.78 Å². The fraction of sp³-hybridized carbons (Fsp3) is 0.381. The van der Waals surface area contributed by atoms with Crippen LogP contribution in [0.4, 0.5) is 14.5 Å². The predicted molar refractivity (Wildman–Crippen MR) is 114 cm³/mol. The molecule has 0 saturated carbocycles. The van der Waals surface area contributed by atoms with Crippen LogP contribution in [0.15, 0.2) is 47.6 Å². The first-order chi connectivity index (χ1) is 15.1. The summed E-state index contributed by atoms with van der Waals surface area (Å²) in [5.74, 6) is -3.55. The number of fused-ring (bicyclic) bond motifs is 1. The summed E-state index contributed by atoms with van der Waals surface area (Å²) in [7, 11) is -4.09. The number of imidazole rings is 1. The third-order valence-electron chi connectivity index (χ3n) is 5.33. The Bertz CT molecular complexity index is 1250. The van der Waals surface area contributed by atoms with Gasteiger partial charge in [-0.1, -0.05) is 32.0 Å². The molecule has 1 amide bonds. The Kier molecular flexibility index (Phi) is 5.72. The van der Waals surface area contributed by atoms with Crippen LogP contribution in [0, 0.1) is 0 Å². The van der Waals surface area contributed by atoms with Gasteiger partial charge in [-0.25, -0.2) is 27.2 Å². The van der Waals surface area contributed by atoms with Gasteiger partial charge in [-0.3, -0.25) is 9.20 Å². The van der Waals surface area contributed by atoms with Gasteiger partial charge in [-0.15, -0.1) is 0 Å². The molecule has 11 heteroatoms. The number of benzene rings is 1. The van der Waals surface area contributed by atoms with Gasteiger partial charge in [0.2, 0.25) is 5.78 Å². The molecule has 0 unspecified atom stereocenters. The maximum absolute atomic E-state index is 13.6. The van der Waals surface area contributed by atoms with Crippen LogP contribution in [0.5, 0.6) is 0 Å². The Hall–Kier alpha value is -2.92. The van der Waals surface area contributed by atoms with Gasteiger partial charge in [0.25, 0.3) is 21.9 Å². The highest BCUT2D eigenvalue weighted by Crippen LogP contribution is 2.33. The molecule has 1 aliphatic rings. The highest BCUT2D eigenvalue weighted by Gasteiger charge is 2.41. The molecule has 0 aliphatic carbocycles. The number of nitrogens with zero attached hydrogens (tertiary/aromatic N) is 4. The summed E-state index contributed by atoms with van der Waals surface area (Å²) in [6.45, 7) is 3.03. The first-order valence-corrected chi connectivity index (χ1v) is 11.7. The lowest BCUT2D eigenvalue weighted by Gasteiger charge is -2.31. The zero-order valence-corrected chi connectivity index (χ0v) is 18.4. The number of hydrogen-bond donors (Lipinski definition) is 1. The summed E-state index contributed by atoms with van der Waals surface area (Å²) < 4.78 is 56.2. The second-order valence-corrected chi connectivity index (χ2v) is 9.87. The highest BCUT2D eigenvalue weighted by molar-refractivity contribution is 7.89. The summed E-state index contributed by atoms with van der Waals surface area (Å²) >= 11 is 0. The van der Waals surface area contributed by atoms with E-state index in [-0.39, 0.29) is 41.2 Å². The monoisotopic (exact) mass is 463 g/mol. The summed E-state index contributed by atoms with van der Waals surface area (Å²) in [6, 6.07) is 10.3. The fourth-order valence-corrected chi connectivity index (χ4v) is 5.42. The molecule has 3 aromatic rings. The van der Waals surface area contributed by atoms with Crippen LogP contribution in [0.2, 0.25) is 0 Å². The Morgan fingerprint density at radius 2 is 1.75 bits per heavy atom. The van der Waals surface area contributed by atoms with Crippen LogP contribution in [-0.4, -0.2) is 52.0 Å². The van der Waals surface area contributed by atoms with Crippen LogP contribution in [0.1, 0.15) is 48.8 Å². The minimum atomic E-state index is -4.09. The number of rotatable bonds is 5. The molecule has 170 valence electrons. The third kappa shape index (κ3) is 4.22. The molecule has 0 atom stereocenters. The summed E-state index contributed by atoms with van der Waals surface area (Å²) in [4.78, 5) is 21.2. The van der Waals surface area contributed by atoms with E-state index >= 15 is 0 Å². The van der Waals surface area contributed by atoms with Crippen molar-refractivity contribution in [2.24, 2.45) is 0 Å². The van der Waals surface area contributed by atoms with Crippen molar-refractivity contribution in [3.8, 4) is 0 Å². The molecular formula is C21H23F2N5O3S. The van der Waals surface area contributed by atoms with Crippen molar-refractivity contribution in [3.05, 3.63) is 54.0 Å². The first kappa shape index (κ1) is 22.3. The molecule has 1 aliphatic heterocycles. The number of halogens is 2. The topological polar surface area (TPSA) is 96.7 Å². The highest BCUT2D eigenvalue weighted by atomic mass is 32.2. The van der Waals surface area contributed by atoms with Gasteiger partial charge >= 0.3 is 0 Å².